The van der Waals surface area contributed by atoms with E-state index in [2.05, 4.69) is 15.3 Å². The second kappa shape index (κ2) is 4.18. The summed E-state index contributed by atoms with van der Waals surface area (Å²) in [6.07, 6.45) is 4.61. The summed E-state index contributed by atoms with van der Waals surface area (Å²) in [6.45, 7) is 1.90. The molecule has 1 amide bonds. The highest BCUT2D eigenvalue weighted by Gasteiger charge is 2.09. The molecule has 0 bridgehead atoms. The van der Waals surface area contributed by atoms with Crippen molar-refractivity contribution in [1.82, 2.24) is 9.97 Å². The van der Waals surface area contributed by atoms with E-state index in [1.807, 2.05) is 17.7 Å². The molecule has 0 unspecified atom stereocenters. The fourth-order valence-electron chi connectivity index (χ4n) is 1.14. The van der Waals surface area contributed by atoms with Crippen molar-refractivity contribution in [3.05, 3.63) is 40.5 Å². The van der Waals surface area contributed by atoms with Crippen molar-refractivity contribution in [2.45, 2.75) is 6.92 Å². The number of hydrogen-bond acceptors (Lipinski definition) is 4. The van der Waals surface area contributed by atoms with E-state index in [4.69, 9.17) is 0 Å². The van der Waals surface area contributed by atoms with Crippen LogP contribution in [0.25, 0.3) is 0 Å². The van der Waals surface area contributed by atoms with Gasteiger partial charge >= 0.3 is 0 Å². The number of aryl methyl sites for hydroxylation is 1. The molecule has 2 rings (SSSR count). The maximum Gasteiger partial charge on any atom is 0.257 e. The normalized spacial score (nSPS) is 9.93. The van der Waals surface area contributed by atoms with Gasteiger partial charge in [-0.2, -0.15) is 11.3 Å². The largest absolute Gasteiger partial charge is 0.305 e. The molecule has 0 spiro atoms. The first-order valence-electron chi connectivity index (χ1n) is 4.37. The third kappa shape index (κ3) is 2.19. The minimum atomic E-state index is -0.144. The number of aromatic nitrogens is 2. The second-order valence-electron chi connectivity index (χ2n) is 3.01. The highest BCUT2D eigenvalue weighted by atomic mass is 32.1. The first-order valence-corrected chi connectivity index (χ1v) is 5.32. The fourth-order valence-corrected chi connectivity index (χ4v) is 1.97. The van der Waals surface area contributed by atoms with Gasteiger partial charge in [0.05, 0.1) is 11.8 Å². The molecule has 2 heterocycles. The fraction of sp³-hybridized carbons (Fsp3) is 0.100. The van der Waals surface area contributed by atoms with E-state index in [1.54, 1.807) is 6.20 Å². The molecule has 0 saturated carbocycles. The van der Waals surface area contributed by atoms with E-state index in [1.165, 1.54) is 23.7 Å². The molecule has 0 aliphatic heterocycles. The van der Waals surface area contributed by atoms with Crippen LogP contribution in [0.1, 0.15) is 15.9 Å². The predicted molar refractivity (Wildman–Crippen MR) is 59.0 cm³/mol. The summed E-state index contributed by atoms with van der Waals surface area (Å²) in [7, 11) is 0. The van der Waals surface area contributed by atoms with E-state index in [0.717, 1.165) is 5.56 Å². The van der Waals surface area contributed by atoms with E-state index in [0.29, 0.717) is 11.4 Å². The lowest BCUT2D eigenvalue weighted by Gasteiger charge is -2.02. The zero-order valence-electron chi connectivity index (χ0n) is 8.10. The van der Waals surface area contributed by atoms with Crippen molar-refractivity contribution < 1.29 is 4.79 Å². The van der Waals surface area contributed by atoms with E-state index < -0.39 is 0 Å². The van der Waals surface area contributed by atoms with Crippen LogP contribution in [0.5, 0.6) is 0 Å². The van der Waals surface area contributed by atoms with Gasteiger partial charge in [0.1, 0.15) is 0 Å². The third-order valence-electron chi connectivity index (χ3n) is 1.90. The number of hydrogen-bond donors (Lipinski definition) is 1. The molecular formula is C10H9N3OS. The summed E-state index contributed by atoms with van der Waals surface area (Å²) in [5, 5.41) is 6.44. The highest BCUT2D eigenvalue weighted by Crippen LogP contribution is 2.14. The Kier molecular flexibility index (Phi) is 2.73. The molecule has 1 N–H and O–H groups in total. The number of carbonyl (C=O) groups is 1. The Bertz CT molecular complexity index is 467. The summed E-state index contributed by atoms with van der Waals surface area (Å²) >= 11 is 1.51. The third-order valence-corrected chi connectivity index (χ3v) is 2.77. The van der Waals surface area contributed by atoms with Crippen LogP contribution in [0.15, 0.2) is 29.4 Å². The first kappa shape index (κ1) is 9.79. The molecule has 0 radical (unpaired) electrons. The molecule has 0 aliphatic carbocycles. The van der Waals surface area contributed by atoms with Gasteiger partial charge in [-0.25, -0.2) is 4.98 Å². The molecule has 0 saturated heterocycles. The lowest BCUT2D eigenvalue weighted by atomic mass is 10.2. The lowest BCUT2D eigenvalue weighted by Crippen LogP contribution is -2.13. The Morgan fingerprint density at radius 1 is 1.40 bits per heavy atom. The second-order valence-corrected chi connectivity index (χ2v) is 3.76. The predicted octanol–water partition coefficient (Wildman–Crippen LogP) is 2.10. The quantitative estimate of drug-likeness (QED) is 0.841. The average molecular weight is 219 g/mol. The minimum Gasteiger partial charge on any atom is -0.305 e. The minimum absolute atomic E-state index is 0.144. The Morgan fingerprint density at radius 3 is 2.87 bits per heavy atom. The number of nitrogens with one attached hydrogen (secondary N) is 1. The van der Waals surface area contributed by atoms with Gasteiger partial charge in [-0.3, -0.25) is 9.78 Å². The van der Waals surface area contributed by atoms with Crippen LogP contribution in [-0.2, 0) is 0 Å². The molecule has 15 heavy (non-hydrogen) atoms. The Labute approximate surface area is 91.0 Å². The number of amides is 1. The van der Waals surface area contributed by atoms with Gasteiger partial charge in [0.15, 0.2) is 5.82 Å². The SMILES string of the molecule is Cc1cscc1C(=O)Nc1cnccn1. The first-order chi connectivity index (χ1) is 7.27. The molecule has 2 aromatic rings. The molecule has 5 heteroatoms. The zero-order valence-corrected chi connectivity index (χ0v) is 8.91. The standard InChI is InChI=1S/C10H9N3OS/c1-7-5-15-6-8(7)10(14)13-9-4-11-2-3-12-9/h2-6H,1H3,(H,12,13,14). The van der Waals surface area contributed by atoms with Crippen molar-refractivity contribution in [2.24, 2.45) is 0 Å². The molecular weight excluding hydrogens is 210 g/mol. The van der Waals surface area contributed by atoms with Gasteiger partial charge in [-0.05, 0) is 17.9 Å². The van der Waals surface area contributed by atoms with Gasteiger partial charge in [0.25, 0.3) is 5.91 Å². The van der Waals surface area contributed by atoms with Crippen LogP contribution in [0.2, 0.25) is 0 Å². The smallest absolute Gasteiger partial charge is 0.257 e. The number of carbonyl (C=O) groups excluding carboxylic acids is 1. The topological polar surface area (TPSA) is 54.9 Å². The summed E-state index contributed by atoms with van der Waals surface area (Å²) in [6, 6.07) is 0. The molecule has 0 atom stereocenters. The number of anilines is 1. The van der Waals surface area contributed by atoms with Gasteiger partial charge in [0.2, 0.25) is 0 Å². The molecule has 4 nitrogen and oxygen atoms in total. The number of nitrogens with zero attached hydrogens (tertiary/aromatic N) is 2. The summed E-state index contributed by atoms with van der Waals surface area (Å²) in [4.78, 5) is 19.6. The van der Waals surface area contributed by atoms with Crippen molar-refractivity contribution >= 4 is 23.1 Å². The molecule has 0 aromatic carbocycles. The van der Waals surface area contributed by atoms with Gasteiger partial charge in [-0.15, -0.1) is 0 Å². The average Bonchev–Trinajstić information content (AvgIpc) is 2.66. The van der Waals surface area contributed by atoms with Crippen molar-refractivity contribution in [1.29, 1.82) is 0 Å². The van der Waals surface area contributed by atoms with Crippen LogP contribution in [-0.4, -0.2) is 15.9 Å². The van der Waals surface area contributed by atoms with E-state index >= 15 is 0 Å². The van der Waals surface area contributed by atoms with Crippen LogP contribution in [0, 0.1) is 6.92 Å². The van der Waals surface area contributed by atoms with E-state index in [-0.39, 0.29) is 5.91 Å². The molecule has 2 aromatic heterocycles. The maximum atomic E-state index is 11.7. The van der Waals surface area contributed by atoms with Crippen molar-refractivity contribution in [2.75, 3.05) is 5.32 Å². The molecule has 76 valence electrons. The van der Waals surface area contributed by atoms with Gasteiger partial charge in [0, 0.05) is 17.8 Å². The van der Waals surface area contributed by atoms with Gasteiger partial charge in [-0.1, -0.05) is 0 Å². The van der Waals surface area contributed by atoms with Crippen molar-refractivity contribution in [3.8, 4) is 0 Å². The molecule has 0 aliphatic rings. The summed E-state index contributed by atoms with van der Waals surface area (Å²) < 4.78 is 0. The highest BCUT2D eigenvalue weighted by molar-refractivity contribution is 7.08. The summed E-state index contributed by atoms with van der Waals surface area (Å²) in [5.74, 6) is 0.322. The molecule has 0 fully saturated rings. The van der Waals surface area contributed by atoms with Crippen LogP contribution >= 0.6 is 11.3 Å². The van der Waals surface area contributed by atoms with Crippen molar-refractivity contribution in [3.63, 3.8) is 0 Å². The van der Waals surface area contributed by atoms with Crippen LogP contribution in [0.3, 0.4) is 0 Å². The summed E-state index contributed by atoms with van der Waals surface area (Å²) in [5.41, 5.74) is 1.66. The Balaban J connectivity index is 2.15. The monoisotopic (exact) mass is 219 g/mol. The van der Waals surface area contributed by atoms with E-state index in [9.17, 15) is 4.79 Å². The Morgan fingerprint density at radius 2 is 2.27 bits per heavy atom. The number of thiophene rings is 1. The van der Waals surface area contributed by atoms with Crippen LogP contribution < -0.4 is 5.32 Å². The Hall–Kier alpha value is -1.75. The maximum absolute atomic E-state index is 11.7. The lowest BCUT2D eigenvalue weighted by molar-refractivity contribution is 0.102. The van der Waals surface area contributed by atoms with Crippen LogP contribution in [0.4, 0.5) is 5.82 Å². The number of rotatable bonds is 2. The van der Waals surface area contributed by atoms with Gasteiger partial charge < -0.3 is 5.32 Å². The zero-order chi connectivity index (χ0) is 10.7.